The number of benzene rings is 1. The number of aromatic nitrogens is 3. The number of rotatable bonds is 4. The van der Waals surface area contributed by atoms with Gasteiger partial charge in [-0.25, -0.2) is 9.78 Å². The van der Waals surface area contributed by atoms with Crippen LogP contribution in [-0.2, 0) is 17.8 Å². The van der Waals surface area contributed by atoms with Crippen molar-refractivity contribution in [1.82, 2.24) is 14.5 Å². The minimum absolute atomic E-state index is 0.290. The Hall–Kier alpha value is -3.15. The Kier molecular flexibility index (Phi) is 4.39. The van der Waals surface area contributed by atoms with Crippen LogP contribution in [0.4, 0.5) is 5.69 Å². The van der Waals surface area contributed by atoms with Crippen LogP contribution < -0.4 is 4.90 Å². The van der Waals surface area contributed by atoms with Crippen LogP contribution in [0.25, 0.3) is 11.3 Å². The van der Waals surface area contributed by atoms with Crippen molar-refractivity contribution >= 4 is 11.7 Å². The molecule has 0 amide bonds. The Morgan fingerprint density at radius 1 is 1.15 bits per heavy atom. The molecule has 4 rings (SSSR count). The highest BCUT2D eigenvalue weighted by Crippen LogP contribution is 2.26. The topological polar surface area (TPSA) is 60.2 Å². The van der Waals surface area contributed by atoms with E-state index in [0.717, 1.165) is 42.4 Å². The molecule has 0 bridgehead atoms. The average Bonchev–Trinajstić information content (AvgIpc) is 3.12. The van der Waals surface area contributed by atoms with E-state index < -0.39 is 0 Å². The molecule has 1 aromatic carbocycles. The average molecular weight is 348 g/mol. The van der Waals surface area contributed by atoms with Crippen molar-refractivity contribution < 1.29 is 9.53 Å². The van der Waals surface area contributed by atoms with Gasteiger partial charge in [-0.2, -0.15) is 0 Å². The van der Waals surface area contributed by atoms with Crippen LogP contribution in [0.2, 0.25) is 0 Å². The fourth-order valence-corrected chi connectivity index (χ4v) is 3.24. The van der Waals surface area contributed by atoms with E-state index in [1.807, 2.05) is 30.6 Å². The summed E-state index contributed by atoms with van der Waals surface area (Å²) >= 11 is 0. The number of esters is 1. The Morgan fingerprint density at radius 3 is 2.73 bits per heavy atom. The van der Waals surface area contributed by atoms with E-state index in [9.17, 15) is 4.79 Å². The standard InChI is InChI=1S/C20H20N4O2/c1-2-26-20(25)16-7-5-15(6-8-16)18-13-22-19-14-23(10-11-24(18)19)17-4-3-9-21-12-17/h3-9,12-13H,2,10-11,14H2,1H3. The lowest BCUT2D eigenvalue weighted by molar-refractivity contribution is 0.0526. The molecule has 0 fully saturated rings. The maximum atomic E-state index is 11.8. The van der Waals surface area contributed by atoms with Crippen LogP contribution >= 0.6 is 0 Å². The number of nitrogens with zero attached hydrogens (tertiary/aromatic N) is 4. The van der Waals surface area contributed by atoms with Crippen molar-refractivity contribution in [3.63, 3.8) is 0 Å². The fourth-order valence-electron chi connectivity index (χ4n) is 3.24. The molecular formula is C20H20N4O2. The number of anilines is 1. The largest absolute Gasteiger partial charge is 0.462 e. The number of carbonyl (C=O) groups is 1. The third kappa shape index (κ3) is 3.06. The first kappa shape index (κ1) is 16.3. The zero-order valence-electron chi connectivity index (χ0n) is 14.6. The molecule has 1 aliphatic rings. The Balaban J connectivity index is 1.56. The molecular weight excluding hydrogens is 328 g/mol. The fraction of sp³-hybridized carbons (Fsp3) is 0.250. The number of carbonyl (C=O) groups excluding carboxylic acids is 1. The molecule has 0 unspecified atom stereocenters. The number of fused-ring (bicyclic) bond motifs is 1. The summed E-state index contributed by atoms with van der Waals surface area (Å²) in [6.45, 7) is 4.71. The number of hydrogen-bond donors (Lipinski definition) is 0. The lowest BCUT2D eigenvalue weighted by atomic mass is 10.1. The summed E-state index contributed by atoms with van der Waals surface area (Å²) in [4.78, 5) is 22.9. The van der Waals surface area contributed by atoms with Crippen molar-refractivity contribution in [3.05, 3.63) is 66.4 Å². The normalized spacial score (nSPS) is 13.3. The first-order valence-electron chi connectivity index (χ1n) is 8.73. The molecule has 6 heteroatoms. The third-order valence-corrected chi connectivity index (χ3v) is 4.57. The molecule has 2 aromatic heterocycles. The highest BCUT2D eigenvalue weighted by Gasteiger charge is 2.21. The van der Waals surface area contributed by atoms with Gasteiger partial charge >= 0.3 is 5.97 Å². The Labute approximate surface area is 152 Å². The van der Waals surface area contributed by atoms with Crippen molar-refractivity contribution in [1.29, 1.82) is 0 Å². The molecule has 3 heterocycles. The van der Waals surface area contributed by atoms with E-state index in [2.05, 4.69) is 25.5 Å². The highest BCUT2D eigenvalue weighted by molar-refractivity contribution is 5.90. The highest BCUT2D eigenvalue weighted by atomic mass is 16.5. The van der Waals surface area contributed by atoms with Crippen LogP contribution in [0.1, 0.15) is 23.1 Å². The summed E-state index contributed by atoms with van der Waals surface area (Å²) in [7, 11) is 0. The van der Waals surface area contributed by atoms with Crippen molar-refractivity contribution in [2.75, 3.05) is 18.1 Å². The van der Waals surface area contributed by atoms with Gasteiger partial charge in [0, 0.05) is 19.3 Å². The molecule has 0 aliphatic carbocycles. The van der Waals surface area contributed by atoms with Gasteiger partial charge < -0.3 is 14.2 Å². The first-order valence-corrected chi connectivity index (χ1v) is 8.73. The first-order chi connectivity index (χ1) is 12.8. The van der Waals surface area contributed by atoms with Crippen LogP contribution in [0.5, 0.6) is 0 Å². The number of imidazole rings is 1. The maximum absolute atomic E-state index is 11.8. The quantitative estimate of drug-likeness (QED) is 0.678. The molecule has 6 nitrogen and oxygen atoms in total. The summed E-state index contributed by atoms with van der Waals surface area (Å²) < 4.78 is 7.28. The summed E-state index contributed by atoms with van der Waals surface area (Å²) in [5.41, 5.74) is 3.80. The predicted octanol–water partition coefficient (Wildman–Crippen LogP) is 3.14. The SMILES string of the molecule is CCOC(=O)c1ccc(-c2cnc3n2CCN(c2cccnc2)C3)cc1. The van der Waals surface area contributed by atoms with Gasteiger partial charge in [0.2, 0.25) is 0 Å². The van der Waals surface area contributed by atoms with Crippen LogP contribution in [0.3, 0.4) is 0 Å². The Morgan fingerprint density at radius 2 is 2.00 bits per heavy atom. The second-order valence-electron chi connectivity index (χ2n) is 6.14. The van der Waals surface area contributed by atoms with Gasteiger partial charge in [0.15, 0.2) is 0 Å². The number of ether oxygens (including phenoxy) is 1. The van der Waals surface area contributed by atoms with Crippen LogP contribution in [-0.4, -0.2) is 33.7 Å². The predicted molar refractivity (Wildman–Crippen MR) is 98.9 cm³/mol. The van der Waals surface area contributed by atoms with E-state index in [1.54, 1.807) is 25.3 Å². The lowest BCUT2D eigenvalue weighted by Crippen LogP contribution is -2.34. The summed E-state index contributed by atoms with van der Waals surface area (Å²) in [5, 5.41) is 0. The van der Waals surface area contributed by atoms with Crippen molar-refractivity contribution in [2.24, 2.45) is 0 Å². The monoisotopic (exact) mass is 348 g/mol. The van der Waals surface area contributed by atoms with E-state index in [1.165, 1.54) is 0 Å². The minimum Gasteiger partial charge on any atom is -0.462 e. The van der Waals surface area contributed by atoms with Gasteiger partial charge in [-0.15, -0.1) is 0 Å². The lowest BCUT2D eigenvalue weighted by Gasteiger charge is -2.30. The van der Waals surface area contributed by atoms with Gasteiger partial charge in [-0.3, -0.25) is 4.98 Å². The van der Waals surface area contributed by atoms with E-state index in [-0.39, 0.29) is 5.97 Å². The molecule has 26 heavy (non-hydrogen) atoms. The molecule has 0 radical (unpaired) electrons. The van der Waals surface area contributed by atoms with Gasteiger partial charge in [-0.05, 0) is 36.8 Å². The van der Waals surface area contributed by atoms with Crippen molar-refractivity contribution in [3.8, 4) is 11.3 Å². The maximum Gasteiger partial charge on any atom is 0.338 e. The number of hydrogen-bond acceptors (Lipinski definition) is 5. The zero-order chi connectivity index (χ0) is 17.9. The molecule has 1 aliphatic heterocycles. The van der Waals surface area contributed by atoms with E-state index >= 15 is 0 Å². The number of pyridine rings is 1. The molecule has 0 atom stereocenters. The molecule has 0 N–H and O–H groups in total. The molecule has 3 aromatic rings. The summed E-state index contributed by atoms with van der Waals surface area (Å²) in [5.74, 6) is 0.742. The molecule has 132 valence electrons. The second-order valence-corrected chi connectivity index (χ2v) is 6.14. The van der Waals surface area contributed by atoms with Crippen LogP contribution in [0.15, 0.2) is 55.0 Å². The summed E-state index contributed by atoms with van der Waals surface area (Å²) in [6, 6.07) is 11.5. The minimum atomic E-state index is -0.290. The Bertz CT molecular complexity index is 903. The smallest absolute Gasteiger partial charge is 0.338 e. The second kappa shape index (κ2) is 7.00. The molecule has 0 saturated carbocycles. The molecule has 0 saturated heterocycles. The van der Waals surface area contributed by atoms with Crippen molar-refractivity contribution in [2.45, 2.75) is 20.0 Å². The third-order valence-electron chi connectivity index (χ3n) is 4.57. The van der Waals surface area contributed by atoms with E-state index in [0.29, 0.717) is 12.2 Å². The van der Waals surface area contributed by atoms with Gasteiger partial charge in [-0.1, -0.05) is 12.1 Å². The van der Waals surface area contributed by atoms with Crippen LogP contribution in [0, 0.1) is 0 Å². The van der Waals surface area contributed by atoms with Gasteiger partial charge in [0.25, 0.3) is 0 Å². The zero-order valence-corrected chi connectivity index (χ0v) is 14.6. The van der Waals surface area contributed by atoms with Gasteiger partial charge in [0.1, 0.15) is 5.82 Å². The van der Waals surface area contributed by atoms with Gasteiger partial charge in [0.05, 0.1) is 42.5 Å². The summed E-state index contributed by atoms with van der Waals surface area (Å²) in [6.07, 6.45) is 5.57. The molecule has 0 spiro atoms. The van der Waals surface area contributed by atoms with E-state index in [4.69, 9.17) is 4.74 Å².